The molecule has 0 bridgehead atoms. The average Bonchev–Trinajstić information content (AvgIpc) is 3.25. The third kappa shape index (κ3) is 4.12. The van der Waals surface area contributed by atoms with Crippen LogP contribution in [0.3, 0.4) is 0 Å². The second kappa shape index (κ2) is 9.11. The number of carbonyl (C=O) groups excluding carboxylic acids is 1. The summed E-state index contributed by atoms with van der Waals surface area (Å²) >= 11 is 6.29. The van der Waals surface area contributed by atoms with Crippen molar-refractivity contribution in [3.63, 3.8) is 0 Å². The van der Waals surface area contributed by atoms with Crippen molar-refractivity contribution < 1.29 is 9.53 Å². The molecule has 0 N–H and O–H groups in total. The van der Waals surface area contributed by atoms with E-state index in [0.29, 0.717) is 37.8 Å². The fourth-order valence-corrected chi connectivity index (χ4v) is 4.44. The lowest BCUT2D eigenvalue weighted by Gasteiger charge is -2.35. The van der Waals surface area contributed by atoms with Crippen molar-refractivity contribution in [1.82, 2.24) is 19.4 Å². The molecule has 2 aromatic heterocycles. The number of hydrogen-bond acceptors (Lipinski definition) is 5. The number of aromatic nitrogens is 3. The van der Waals surface area contributed by atoms with Gasteiger partial charge in [0.15, 0.2) is 5.65 Å². The largest absolute Gasteiger partial charge is 0.450 e. The highest BCUT2D eigenvalue weighted by atomic mass is 35.5. The first kappa shape index (κ1) is 21.3. The number of amides is 1. The topological polar surface area (TPSA) is 63.5 Å². The molecule has 1 amide bonds. The van der Waals surface area contributed by atoms with E-state index < -0.39 is 0 Å². The Balaban J connectivity index is 1.60. The molecule has 8 heteroatoms. The van der Waals surface area contributed by atoms with E-state index in [1.165, 1.54) is 0 Å². The first-order valence-electron chi connectivity index (χ1n) is 11.0. The van der Waals surface area contributed by atoms with Crippen molar-refractivity contribution in [2.24, 2.45) is 0 Å². The number of hydrogen-bond donors (Lipinski definition) is 0. The van der Waals surface area contributed by atoms with Crippen molar-refractivity contribution in [2.75, 3.05) is 37.7 Å². The van der Waals surface area contributed by atoms with Crippen LogP contribution in [0.2, 0.25) is 5.02 Å². The Morgan fingerprint density at radius 2 is 1.82 bits per heavy atom. The Bertz CT molecular complexity index is 1280. The molecule has 1 saturated heterocycles. The first-order chi connectivity index (χ1) is 16.2. The quantitative estimate of drug-likeness (QED) is 0.427. The Kier molecular flexibility index (Phi) is 5.88. The van der Waals surface area contributed by atoms with E-state index in [9.17, 15) is 4.79 Å². The lowest BCUT2D eigenvalue weighted by atomic mass is 10.1. The van der Waals surface area contributed by atoms with Crippen LogP contribution in [0.15, 0.2) is 67.1 Å². The Hall–Kier alpha value is -3.58. The van der Waals surface area contributed by atoms with Gasteiger partial charge < -0.3 is 19.1 Å². The third-order valence-electron chi connectivity index (χ3n) is 5.84. The summed E-state index contributed by atoms with van der Waals surface area (Å²) in [6.07, 6.45) is 3.44. The molecule has 0 saturated carbocycles. The summed E-state index contributed by atoms with van der Waals surface area (Å²) in [5.74, 6) is 0.864. The summed E-state index contributed by atoms with van der Waals surface area (Å²) in [5, 5.41) is 1.65. The van der Waals surface area contributed by atoms with Gasteiger partial charge in [0.05, 0.1) is 12.0 Å². The van der Waals surface area contributed by atoms with Crippen molar-refractivity contribution in [2.45, 2.75) is 6.92 Å². The summed E-state index contributed by atoms with van der Waals surface area (Å²) in [6.45, 7) is 4.70. The molecule has 168 valence electrons. The van der Waals surface area contributed by atoms with Gasteiger partial charge in [-0.05, 0) is 30.7 Å². The number of carbonyl (C=O) groups is 1. The molecule has 0 aliphatic carbocycles. The molecule has 0 spiro atoms. The minimum Gasteiger partial charge on any atom is -0.450 e. The second-order valence-corrected chi connectivity index (χ2v) is 8.26. The van der Waals surface area contributed by atoms with Gasteiger partial charge in [-0.3, -0.25) is 0 Å². The summed E-state index contributed by atoms with van der Waals surface area (Å²) < 4.78 is 7.22. The van der Waals surface area contributed by atoms with Gasteiger partial charge in [0, 0.05) is 48.6 Å². The van der Waals surface area contributed by atoms with Crippen molar-refractivity contribution in [3.8, 4) is 16.8 Å². The second-order valence-electron chi connectivity index (χ2n) is 7.83. The van der Waals surface area contributed by atoms with E-state index >= 15 is 0 Å². The third-order valence-corrected chi connectivity index (χ3v) is 6.07. The van der Waals surface area contributed by atoms with E-state index in [0.717, 1.165) is 33.7 Å². The van der Waals surface area contributed by atoms with Crippen LogP contribution in [-0.4, -0.2) is 58.3 Å². The maximum atomic E-state index is 12.1. The van der Waals surface area contributed by atoms with Gasteiger partial charge in [-0.15, -0.1) is 0 Å². The van der Waals surface area contributed by atoms with E-state index in [4.69, 9.17) is 16.3 Å². The molecule has 0 radical (unpaired) electrons. The maximum absolute atomic E-state index is 12.1. The zero-order valence-electron chi connectivity index (χ0n) is 18.3. The number of nitrogens with zero attached hydrogens (tertiary/aromatic N) is 5. The highest BCUT2D eigenvalue weighted by Gasteiger charge is 2.26. The Labute approximate surface area is 197 Å². The molecule has 7 nitrogen and oxygen atoms in total. The van der Waals surface area contributed by atoms with Crippen LogP contribution in [0, 0.1) is 0 Å². The molecule has 4 aromatic rings. The van der Waals surface area contributed by atoms with Crippen LogP contribution in [-0.2, 0) is 4.74 Å². The number of piperazine rings is 1. The highest BCUT2D eigenvalue weighted by molar-refractivity contribution is 6.30. The van der Waals surface area contributed by atoms with Crippen molar-refractivity contribution >= 4 is 34.5 Å². The molecule has 1 aliphatic heterocycles. The minimum atomic E-state index is -0.262. The monoisotopic (exact) mass is 461 g/mol. The SMILES string of the molecule is CCOC(=O)N1CCN(c2ncnc3c2c(-c2ccccc2)cn3-c2cccc(Cl)c2)CC1. The Morgan fingerprint density at radius 1 is 1.03 bits per heavy atom. The molecule has 0 unspecified atom stereocenters. The minimum absolute atomic E-state index is 0.262. The molecule has 0 atom stereocenters. The summed E-state index contributed by atoms with van der Waals surface area (Å²) in [5.41, 5.74) is 3.89. The zero-order chi connectivity index (χ0) is 22.8. The standard InChI is InChI=1S/C25H24ClN5O2/c1-2-33-25(32)30-13-11-29(12-14-30)23-22-21(18-7-4-3-5-8-18)16-31(24(22)28-17-27-23)20-10-6-9-19(26)15-20/h3-10,15-17H,2,11-14H2,1H3. The maximum Gasteiger partial charge on any atom is 0.409 e. The molecule has 1 aliphatic rings. The van der Waals surface area contributed by atoms with Crippen LogP contribution < -0.4 is 4.90 Å². The molecule has 1 fully saturated rings. The van der Waals surface area contributed by atoms with Crippen LogP contribution in [0.25, 0.3) is 27.8 Å². The number of fused-ring (bicyclic) bond motifs is 1. The van der Waals surface area contributed by atoms with Crippen LogP contribution >= 0.6 is 11.6 Å². The predicted octanol–water partition coefficient (Wildman–Crippen LogP) is 5.02. The van der Waals surface area contributed by atoms with Gasteiger partial charge >= 0.3 is 6.09 Å². The van der Waals surface area contributed by atoms with E-state index in [2.05, 4.69) is 37.8 Å². The fraction of sp³-hybridized carbons (Fsp3) is 0.240. The van der Waals surface area contributed by atoms with Crippen molar-refractivity contribution in [1.29, 1.82) is 0 Å². The lowest BCUT2D eigenvalue weighted by molar-refractivity contribution is 0.105. The van der Waals surface area contributed by atoms with E-state index in [1.54, 1.807) is 11.2 Å². The predicted molar refractivity (Wildman–Crippen MR) is 130 cm³/mol. The molecule has 2 aromatic carbocycles. The van der Waals surface area contributed by atoms with Gasteiger partial charge in [-0.2, -0.15) is 0 Å². The lowest BCUT2D eigenvalue weighted by Crippen LogP contribution is -2.49. The zero-order valence-corrected chi connectivity index (χ0v) is 19.1. The highest BCUT2D eigenvalue weighted by Crippen LogP contribution is 2.37. The number of anilines is 1. The fourth-order valence-electron chi connectivity index (χ4n) is 4.26. The summed E-state index contributed by atoms with van der Waals surface area (Å²) in [6, 6.07) is 18.0. The van der Waals surface area contributed by atoms with Gasteiger partial charge in [0.1, 0.15) is 12.1 Å². The number of rotatable bonds is 4. The average molecular weight is 462 g/mol. The molecular weight excluding hydrogens is 438 g/mol. The molecular formula is C25H24ClN5O2. The smallest absolute Gasteiger partial charge is 0.409 e. The van der Waals surface area contributed by atoms with Gasteiger partial charge in [0.2, 0.25) is 0 Å². The van der Waals surface area contributed by atoms with Crippen LogP contribution in [0.5, 0.6) is 0 Å². The van der Waals surface area contributed by atoms with Crippen molar-refractivity contribution in [3.05, 3.63) is 72.1 Å². The first-order valence-corrected chi connectivity index (χ1v) is 11.4. The van der Waals surface area contributed by atoms with Crippen LogP contribution in [0.4, 0.5) is 10.6 Å². The van der Waals surface area contributed by atoms with E-state index in [1.807, 2.05) is 49.4 Å². The Morgan fingerprint density at radius 3 is 2.55 bits per heavy atom. The number of halogens is 1. The molecule has 33 heavy (non-hydrogen) atoms. The normalized spacial score (nSPS) is 14.0. The number of benzene rings is 2. The van der Waals surface area contributed by atoms with E-state index in [-0.39, 0.29) is 6.09 Å². The van der Waals surface area contributed by atoms with Crippen LogP contribution in [0.1, 0.15) is 6.92 Å². The van der Waals surface area contributed by atoms with Gasteiger partial charge in [0.25, 0.3) is 0 Å². The van der Waals surface area contributed by atoms with Gasteiger partial charge in [-0.25, -0.2) is 14.8 Å². The summed E-state index contributed by atoms with van der Waals surface area (Å²) in [7, 11) is 0. The summed E-state index contributed by atoms with van der Waals surface area (Å²) in [4.78, 5) is 25.4. The number of ether oxygens (including phenoxy) is 1. The van der Waals surface area contributed by atoms with Gasteiger partial charge in [-0.1, -0.05) is 48.0 Å². The molecule has 3 heterocycles. The molecule has 5 rings (SSSR count).